The lowest BCUT2D eigenvalue weighted by Gasteiger charge is -2.08. The van der Waals surface area contributed by atoms with Crippen LogP contribution in [0.15, 0.2) is 12.1 Å². The quantitative estimate of drug-likeness (QED) is 0.810. The monoisotopic (exact) mass is 275 g/mol. The number of nitrogens with two attached hydrogens (primary N) is 1. The summed E-state index contributed by atoms with van der Waals surface area (Å²) in [5.41, 5.74) is 6.53. The third kappa shape index (κ3) is 5.58. The fourth-order valence-electron chi connectivity index (χ4n) is 1.52. The molecule has 0 spiro atoms. The van der Waals surface area contributed by atoms with Crippen molar-refractivity contribution in [2.24, 2.45) is 0 Å². The SMILES string of the molecule is CCc1cc(C(=O)NCCCC(F)(F)F)cc(N)n1. The Morgan fingerprint density at radius 2 is 2.11 bits per heavy atom. The molecule has 1 amide bonds. The summed E-state index contributed by atoms with van der Waals surface area (Å²) in [6.45, 7) is 1.84. The van der Waals surface area contributed by atoms with E-state index in [1.165, 1.54) is 6.07 Å². The Morgan fingerprint density at radius 3 is 2.68 bits per heavy atom. The zero-order valence-corrected chi connectivity index (χ0v) is 10.5. The largest absolute Gasteiger partial charge is 0.389 e. The number of nitrogens with zero attached hydrogens (tertiary/aromatic N) is 1. The number of hydrogen-bond acceptors (Lipinski definition) is 3. The van der Waals surface area contributed by atoms with Gasteiger partial charge in [-0.2, -0.15) is 13.2 Å². The first-order valence-corrected chi connectivity index (χ1v) is 5.93. The summed E-state index contributed by atoms with van der Waals surface area (Å²) in [5.74, 6) is -0.217. The number of pyridine rings is 1. The molecule has 1 aromatic heterocycles. The molecular formula is C12H16F3N3O. The Balaban J connectivity index is 2.52. The highest BCUT2D eigenvalue weighted by Gasteiger charge is 2.26. The van der Waals surface area contributed by atoms with Crippen molar-refractivity contribution in [3.05, 3.63) is 23.4 Å². The molecule has 1 heterocycles. The highest BCUT2D eigenvalue weighted by atomic mass is 19.4. The van der Waals surface area contributed by atoms with E-state index >= 15 is 0 Å². The maximum absolute atomic E-state index is 11.9. The van der Waals surface area contributed by atoms with Crippen molar-refractivity contribution in [3.8, 4) is 0 Å². The summed E-state index contributed by atoms with van der Waals surface area (Å²) in [7, 11) is 0. The summed E-state index contributed by atoms with van der Waals surface area (Å²) < 4.78 is 35.8. The van der Waals surface area contributed by atoms with Crippen LogP contribution in [0.3, 0.4) is 0 Å². The number of hydrogen-bond donors (Lipinski definition) is 2. The molecule has 0 radical (unpaired) electrons. The Bertz CT molecular complexity index is 446. The Labute approximate surface area is 109 Å². The molecule has 0 bridgehead atoms. The molecule has 106 valence electrons. The fraction of sp³-hybridized carbons (Fsp3) is 0.500. The van der Waals surface area contributed by atoms with Crippen LogP contribution in [0.2, 0.25) is 0 Å². The topological polar surface area (TPSA) is 68.0 Å². The number of nitrogen functional groups attached to an aromatic ring is 1. The van der Waals surface area contributed by atoms with E-state index in [-0.39, 0.29) is 18.8 Å². The molecule has 3 N–H and O–H groups in total. The van der Waals surface area contributed by atoms with Gasteiger partial charge < -0.3 is 11.1 Å². The molecule has 0 aliphatic carbocycles. The van der Waals surface area contributed by atoms with Crippen LogP contribution in [0, 0.1) is 0 Å². The minimum atomic E-state index is -4.19. The van der Waals surface area contributed by atoms with Gasteiger partial charge in [0, 0.05) is 24.2 Å². The van der Waals surface area contributed by atoms with E-state index in [0.29, 0.717) is 17.7 Å². The molecule has 7 heteroatoms. The summed E-state index contributed by atoms with van der Waals surface area (Å²) in [6, 6.07) is 2.98. The van der Waals surface area contributed by atoms with Crippen LogP contribution in [-0.4, -0.2) is 23.6 Å². The van der Waals surface area contributed by atoms with E-state index in [4.69, 9.17) is 5.73 Å². The third-order valence-corrected chi connectivity index (χ3v) is 2.45. The van der Waals surface area contributed by atoms with Crippen LogP contribution >= 0.6 is 0 Å². The first-order valence-electron chi connectivity index (χ1n) is 5.93. The van der Waals surface area contributed by atoms with Crippen LogP contribution in [-0.2, 0) is 6.42 Å². The molecule has 0 fully saturated rings. The van der Waals surface area contributed by atoms with Gasteiger partial charge in [-0.15, -0.1) is 0 Å². The number of rotatable bonds is 5. The molecule has 0 aliphatic rings. The lowest BCUT2D eigenvalue weighted by Crippen LogP contribution is -2.26. The highest BCUT2D eigenvalue weighted by molar-refractivity contribution is 5.94. The van der Waals surface area contributed by atoms with Gasteiger partial charge in [0.1, 0.15) is 5.82 Å². The molecule has 0 atom stereocenters. The van der Waals surface area contributed by atoms with Crippen LogP contribution in [0.4, 0.5) is 19.0 Å². The molecule has 0 saturated carbocycles. The van der Waals surface area contributed by atoms with Gasteiger partial charge in [0.25, 0.3) is 5.91 Å². The van der Waals surface area contributed by atoms with Crippen molar-refractivity contribution in [3.63, 3.8) is 0 Å². The molecule has 0 unspecified atom stereocenters. The van der Waals surface area contributed by atoms with Crippen LogP contribution < -0.4 is 11.1 Å². The lowest BCUT2D eigenvalue weighted by molar-refractivity contribution is -0.135. The number of alkyl halides is 3. The number of halogens is 3. The number of carbonyl (C=O) groups is 1. The van der Waals surface area contributed by atoms with Crippen LogP contribution in [0.25, 0.3) is 0 Å². The van der Waals surface area contributed by atoms with Gasteiger partial charge in [-0.25, -0.2) is 4.98 Å². The zero-order chi connectivity index (χ0) is 14.5. The molecule has 0 saturated heterocycles. The van der Waals surface area contributed by atoms with Crippen LogP contribution in [0.5, 0.6) is 0 Å². The standard InChI is InChI=1S/C12H16F3N3O/c1-2-9-6-8(7-10(16)18-9)11(19)17-5-3-4-12(13,14)15/h6-7H,2-5H2,1H3,(H2,16,18)(H,17,19). The molecule has 1 rings (SSSR count). The molecule has 19 heavy (non-hydrogen) atoms. The molecule has 4 nitrogen and oxygen atoms in total. The van der Waals surface area contributed by atoms with Crippen molar-refractivity contribution in [1.82, 2.24) is 10.3 Å². The number of carbonyl (C=O) groups excluding carboxylic acids is 1. The van der Waals surface area contributed by atoms with Gasteiger partial charge in [-0.1, -0.05) is 6.92 Å². The first-order chi connectivity index (χ1) is 8.81. The van der Waals surface area contributed by atoms with Crippen molar-refractivity contribution >= 4 is 11.7 Å². The normalized spacial score (nSPS) is 11.4. The van der Waals surface area contributed by atoms with Gasteiger partial charge in [-0.05, 0) is 25.0 Å². The van der Waals surface area contributed by atoms with Gasteiger partial charge in [0.15, 0.2) is 0 Å². The number of nitrogens with one attached hydrogen (secondary N) is 1. The van der Waals surface area contributed by atoms with Gasteiger partial charge >= 0.3 is 6.18 Å². The Hall–Kier alpha value is -1.79. The fourth-order valence-corrected chi connectivity index (χ4v) is 1.52. The summed E-state index contributed by atoms with van der Waals surface area (Å²) in [6.07, 6.45) is -4.62. The maximum atomic E-state index is 11.9. The number of anilines is 1. The Morgan fingerprint density at radius 1 is 1.42 bits per heavy atom. The van der Waals surface area contributed by atoms with E-state index in [1.807, 2.05) is 6.92 Å². The zero-order valence-electron chi connectivity index (χ0n) is 10.5. The first kappa shape index (κ1) is 15.3. The second-order valence-corrected chi connectivity index (χ2v) is 4.10. The summed E-state index contributed by atoms with van der Waals surface area (Å²) >= 11 is 0. The third-order valence-electron chi connectivity index (χ3n) is 2.45. The average molecular weight is 275 g/mol. The van der Waals surface area contributed by atoms with Crippen molar-refractivity contribution in [1.29, 1.82) is 0 Å². The molecular weight excluding hydrogens is 259 g/mol. The minimum Gasteiger partial charge on any atom is -0.384 e. The smallest absolute Gasteiger partial charge is 0.384 e. The van der Waals surface area contributed by atoms with E-state index in [1.54, 1.807) is 6.07 Å². The van der Waals surface area contributed by atoms with Gasteiger partial charge in [-0.3, -0.25) is 4.79 Å². The van der Waals surface area contributed by atoms with E-state index in [9.17, 15) is 18.0 Å². The van der Waals surface area contributed by atoms with E-state index < -0.39 is 18.5 Å². The van der Waals surface area contributed by atoms with Crippen molar-refractivity contribution in [2.45, 2.75) is 32.4 Å². The summed E-state index contributed by atoms with van der Waals surface area (Å²) in [5, 5.41) is 2.43. The second kappa shape index (κ2) is 6.40. The molecule has 0 aliphatic heterocycles. The number of aryl methyl sites for hydroxylation is 1. The van der Waals surface area contributed by atoms with Gasteiger partial charge in [0.2, 0.25) is 0 Å². The highest BCUT2D eigenvalue weighted by Crippen LogP contribution is 2.20. The number of amides is 1. The lowest BCUT2D eigenvalue weighted by atomic mass is 10.2. The van der Waals surface area contributed by atoms with Crippen molar-refractivity contribution in [2.75, 3.05) is 12.3 Å². The van der Waals surface area contributed by atoms with E-state index in [0.717, 1.165) is 0 Å². The van der Waals surface area contributed by atoms with Crippen molar-refractivity contribution < 1.29 is 18.0 Å². The minimum absolute atomic E-state index is 0.0258. The maximum Gasteiger partial charge on any atom is 0.389 e. The van der Waals surface area contributed by atoms with Crippen LogP contribution in [0.1, 0.15) is 35.8 Å². The van der Waals surface area contributed by atoms with Gasteiger partial charge in [0.05, 0.1) is 0 Å². The molecule has 0 aromatic carbocycles. The molecule has 1 aromatic rings. The second-order valence-electron chi connectivity index (χ2n) is 4.10. The van der Waals surface area contributed by atoms with E-state index in [2.05, 4.69) is 10.3 Å². The average Bonchev–Trinajstić information content (AvgIpc) is 2.32. The number of aromatic nitrogens is 1. The Kier molecular flexibility index (Phi) is 5.14. The summed E-state index contributed by atoms with van der Waals surface area (Å²) in [4.78, 5) is 15.7. The predicted molar refractivity (Wildman–Crippen MR) is 65.6 cm³/mol. The predicted octanol–water partition coefficient (Wildman–Crippen LogP) is 2.30.